The maximum absolute atomic E-state index is 11.6. The Morgan fingerprint density at radius 1 is 1.12 bits per heavy atom. The zero-order valence-corrected chi connectivity index (χ0v) is 16.9. The van der Waals surface area contributed by atoms with Crippen LogP contribution in [0.25, 0.3) is 0 Å². The van der Waals surface area contributed by atoms with Gasteiger partial charge in [-0.2, -0.15) is 0 Å². The van der Waals surface area contributed by atoms with Crippen LogP contribution in [-0.4, -0.2) is 54.6 Å². The van der Waals surface area contributed by atoms with Gasteiger partial charge in [-0.3, -0.25) is 0 Å². The first-order valence-electron chi connectivity index (χ1n) is 9.76. The van der Waals surface area contributed by atoms with Crippen molar-refractivity contribution in [3.05, 3.63) is 0 Å². The molecule has 0 spiro atoms. The van der Waals surface area contributed by atoms with Crippen LogP contribution in [0, 0.1) is 17.8 Å². The highest BCUT2D eigenvalue weighted by atomic mass is 32.2. The van der Waals surface area contributed by atoms with Crippen molar-refractivity contribution in [1.29, 1.82) is 0 Å². The molecular formula is C19H36O5S. The van der Waals surface area contributed by atoms with E-state index < -0.39 is 21.0 Å². The second-order valence-electron chi connectivity index (χ2n) is 8.98. The van der Waals surface area contributed by atoms with E-state index in [0.717, 1.165) is 19.3 Å². The summed E-state index contributed by atoms with van der Waals surface area (Å²) in [6.07, 6.45) is 4.55. The lowest BCUT2D eigenvalue weighted by molar-refractivity contribution is -0.127. The van der Waals surface area contributed by atoms with Crippen LogP contribution >= 0.6 is 0 Å². The van der Waals surface area contributed by atoms with Gasteiger partial charge in [0.2, 0.25) is 0 Å². The zero-order chi connectivity index (χ0) is 18.7. The molecule has 0 aliphatic carbocycles. The Hall–Kier alpha value is -0.170. The minimum atomic E-state index is -2.97. The van der Waals surface area contributed by atoms with Crippen LogP contribution in [0.15, 0.2) is 0 Å². The number of ether oxygens (including phenoxy) is 1. The van der Waals surface area contributed by atoms with Crippen molar-refractivity contribution in [2.24, 2.45) is 17.8 Å². The molecular weight excluding hydrogens is 340 g/mol. The van der Waals surface area contributed by atoms with Crippen molar-refractivity contribution in [3.8, 4) is 0 Å². The predicted molar refractivity (Wildman–Crippen MR) is 99.2 cm³/mol. The fourth-order valence-electron chi connectivity index (χ4n) is 4.33. The van der Waals surface area contributed by atoms with Crippen LogP contribution in [0.1, 0.15) is 65.7 Å². The van der Waals surface area contributed by atoms with Crippen LogP contribution in [0.3, 0.4) is 0 Å². The van der Waals surface area contributed by atoms with E-state index in [2.05, 4.69) is 20.8 Å². The van der Waals surface area contributed by atoms with Gasteiger partial charge in [-0.25, -0.2) is 8.42 Å². The van der Waals surface area contributed by atoms with Gasteiger partial charge in [0, 0.05) is 12.5 Å². The van der Waals surface area contributed by atoms with Crippen LogP contribution in [0.2, 0.25) is 0 Å². The lowest BCUT2D eigenvalue weighted by Gasteiger charge is -2.42. The third-order valence-corrected chi connectivity index (χ3v) is 7.74. The summed E-state index contributed by atoms with van der Waals surface area (Å²) < 4.78 is 28.8. The fraction of sp³-hybridized carbons (Fsp3) is 1.00. The number of rotatable bonds is 7. The molecule has 2 heterocycles. The molecule has 6 heteroatoms. The van der Waals surface area contributed by atoms with Gasteiger partial charge in [-0.05, 0) is 56.8 Å². The third-order valence-electron chi connectivity index (χ3n) is 6.09. The van der Waals surface area contributed by atoms with E-state index in [1.54, 1.807) is 0 Å². The maximum atomic E-state index is 11.6. The Morgan fingerprint density at radius 2 is 1.76 bits per heavy atom. The summed E-state index contributed by atoms with van der Waals surface area (Å²) in [5, 5.41) is 21.9. The van der Waals surface area contributed by atoms with Gasteiger partial charge < -0.3 is 14.9 Å². The predicted octanol–water partition coefficient (Wildman–Crippen LogP) is 2.55. The van der Waals surface area contributed by atoms with E-state index in [1.165, 1.54) is 0 Å². The molecule has 148 valence electrons. The lowest BCUT2D eigenvalue weighted by Crippen LogP contribution is -2.47. The second kappa shape index (κ2) is 8.24. The first kappa shape index (κ1) is 21.1. The lowest BCUT2D eigenvalue weighted by atomic mass is 9.73. The summed E-state index contributed by atoms with van der Waals surface area (Å²) in [5.41, 5.74) is -1.55. The van der Waals surface area contributed by atoms with Crippen molar-refractivity contribution >= 4 is 9.84 Å². The number of sulfone groups is 1. The molecule has 2 unspecified atom stereocenters. The average molecular weight is 377 g/mol. The van der Waals surface area contributed by atoms with Crippen LogP contribution < -0.4 is 0 Å². The van der Waals surface area contributed by atoms with E-state index in [-0.39, 0.29) is 23.3 Å². The molecule has 25 heavy (non-hydrogen) atoms. The van der Waals surface area contributed by atoms with E-state index in [1.807, 2.05) is 0 Å². The van der Waals surface area contributed by atoms with Crippen LogP contribution in [0.5, 0.6) is 0 Å². The van der Waals surface area contributed by atoms with Crippen LogP contribution in [0.4, 0.5) is 0 Å². The first-order valence-corrected chi connectivity index (χ1v) is 11.6. The van der Waals surface area contributed by atoms with Crippen molar-refractivity contribution < 1.29 is 23.4 Å². The van der Waals surface area contributed by atoms with Gasteiger partial charge in [0.1, 0.15) is 0 Å². The molecule has 2 fully saturated rings. The van der Waals surface area contributed by atoms with Gasteiger partial charge in [-0.15, -0.1) is 0 Å². The van der Waals surface area contributed by atoms with E-state index >= 15 is 0 Å². The van der Waals surface area contributed by atoms with Gasteiger partial charge in [0.25, 0.3) is 0 Å². The number of hydrogen-bond donors (Lipinski definition) is 2. The van der Waals surface area contributed by atoms with Crippen molar-refractivity contribution in [2.75, 3.05) is 24.7 Å². The molecule has 2 saturated heterocycles. The molecule has 3 atom stereocenters. The van der Waals surface area contributed by atoms with Crippen molar-refractivity contribution in [3.63, 3.8) is 0 Å². The molecule has 5 nitrogen and oxygen atoms in total. The number of hydrogen-bond acceptors (Lipinski definition) is 5. The van der Waals surface area contributed by atoms with E-state index in [4.69, 9.17) is 4.74 Å². The first-order chi connectivity index (χ1) is 11.5. The van der Waals surface area contributed by atoms with Gasteiger partial charge in [0.05, 0.1) is 29.3 Å². The molecule has 0 amide bonds. The molecule has 0 radical (unpaired) electrons. The quantitative estimate of drug-likeness (QED) is 0.713. The summed E-state index contributed by atoms with van der Waals surface area (Å²) in [7, 11) is -2.97. The molecule has 0 aromatic carbocycles. The Labute approximate surface area is 153 Å². The molecule has 0 saturated carbocycles. The zero-order valence-electron chi connectivity index (χ0n) is 16.0. The summed E-state index contributed by atoms with van der Waals surface area (Å²) in [6.45, 7) is 7.63. The summed E-state index contributed by atoms with van der Waals surface area (Å²) >= 11 is 0. The molecule has 0 aromatic heterocycles. The third kappa shape index (κ3) is 6.19. The fourth-order valence-corrected chi connectivity index (χ4v) is 5.91. The van der Waals surface area contributed by atoms with Gasteiger partial charge >= 0.3 is 0 Å². The molecule has 2 aliphatic rings. The standard InChI is InChI=1S/C19H36O5S/c1-15(2)4-5-19(21)6-9-24-14-17(19)12-16(3)13-18(20)7-10-25(22,23)11-8-18/h15-17,20-21H,4-14H2,1-3H3/t16-,17?,19?/m0/s1. The Bertz CT molecular complexity index is 516. The van der Waals surface area contributed by atoms with Crippen LogP contribution in [-0.2, 0) is 14.6 Å². The summed E-state index contributed by atoms with van der Waals surface area (Å²) in [5.74, 6) is 1.05. The topological polar surface area (TPSA) is 83.8 Å². The maximum Gasteiger partial charge on any atom is 0.150 e. The molecule has 0 bridgehead atoms. The van der Waals surface area contributed by atoms with E-state index in [0.29, 0.717) is 44.8 Å². The smallest absolute Gasteiger partial charge is 0.150 e. The molecule has 2 rings (SSSR count). The summed E-state index contributed by atoms with van der Waals surface area (Å²) in [4.78, 5) is 0. The Kier molecular flexibility index (Phi) is 6.96. The average Bonchev–Trinajstić information content (AvgIpc) is 2.51. The Morgan fingerprint density at radius 3 is 2.36 bits per heavy atom. The van der Waals surface area contributed by atoms with E-state index in [9.17, 15) is 18.6 Å². The normalized spacial score (nSPS) is 33.3. The highest BCUT2D eigenvalue weighted by Crippen LogP contribution is 2.39. The van der Waals surface area contributed by atoms with Crippen molar-refractivity contribution in [1.82, 2.24) is 0 Å². The van der Waals surface area contributed by atoms with Gasteiger partial charge in [0.15, 0.2) is 9.84 Å². The monoisotopic (exact) mass is 376 g/mol. The highest BCUT2D eigenvalue weighted by molar-refractivity contribution is 7.91. The summed E-state index contributed by atoms with van der Waals surface area (Å²) in [6, 6.07) is 0. The molecule has 2 N–H and O–H groups in total. The Balaban J connectivity index is 1.92. The second-order valence-corrected chi connectivity index (χ2v) is 11.3. The minimum Gasteiger partial charge on any atom is -0.390 e. The number of aliphatic hydroxyl groups is 2. The molecule has 0 aromatic rings. The largest absolute Gasteiger partial charge is 0.390 e. The SMILES string of the molecule is CC(C)CCC1(O)CCOCC1C[C@H](C)CC1(O)CCS(=O)(=O)CC1. The van der Waals surface area contributed by atoms with Crippen molar-refractivity contribution in [2.45, 2.75) is 76.9 Å². The highest BCUT2D eigenvalue weighted by Gasteiger charge is 2.42. The minimum absolute atomic E-state index is 0.0844. The van der Waals surface area contributed by atoms with Gasteiger partial charge in [-0.1, -0.05) is 20.8 Å². The molecule has 2 aliphatic heterocycles.